The van der Waals surface area contributed by atoms with Crippen LogP contribution in [0.4, 0.5) is 0 Å². The van der Waals surface area contributed by atoms with Gasteiger partial charge in [-0.2, -0.15) is 0 Å². The lowest BCUT2D eigenvalue weighted by Gasteiger charge is -2.14. The topological polar surface area (TPSA) is 51.6 Å². The molecule has 1 atom stereocenters. The molecule has 2 aromatic rings. The third-order valence-electron chi connectivity index (χ3n) is 3.03. The van der Waals surface area contributed by atoms with Crippen LogP contribution < -0.4 is 9.47 Å². The van der Waals surface area contributed by atoms with Crippen LogP contribution in [-0.2, 0) is 0 Å². The monoisotopic (exact) mass is 259 g/mol. The minimum atomic E-state index is -0.753. The van der Waals surface area contributed by atoms with Gasteiger partial charge in [0.1, 0.15) is 17.6 Å². The first-order valence-corrected chi connectivity index (χ1v) is 5.97. The summed E-state index contributed by atoms with van der Waals surface area (Å²) in [5.41, 5.74) is 2.48. The molecule has 4 heteroatoms. The Balaban J connectivity index is 2.35. The van der Waals surface area contributed by atoms with Crippen molar-refractivity contribution in [1.29, 1.82) is 0 Å². The van der Waals surface area contributed by atoms with Crippen LogP contribution >= 0.6 is 0 Å². The first-order chi connectivity index (χ1) is 9.15. The molecule has 1 N–H and O–H groups in total. The lowest BCUT2D eigenvalue weighted by molar-refractivity contribution is 0.218. The predicted molar refractivity (Wildman–Crippen MR) is 72.6 cm³/mol. The number of aliphatic hydroxyl groups excluding tert-OH is 1. The van der Waals surface area contributed by atoms with Crippen molar-refractivity contribution in [2.24, 2.45) is 0 Å². The van der Waals surface area contributed by atoms with E-state index in [1.807, 2.05) is 25.1 Å². The Bertz CT molecular complexity index is 569. The number of benzene rings is 1. The van der Waals surface area contributed by atoms with Gasteiger partial charge in [-0.15, -0.1) is 0 Å². The third-order valence-corrected chi connectivity index (χ3v) is 3.03. The molecule has 0 fully saturated rings. The van der Waals surface area contributed by atoms with E-state index in [4.69, 9.17) is 9.47 Å². The van der Waals surface area contributed by atoms with Gasteiger partial charge in [0.25, 0.3) is 0 Å². The SMILES string of the molecule is COc1cncc(C(O)c2ccc(C)c(OC)c2)c1. The number of aryl methyl sites for hydroxylation is 1. The number of hydrogen-bond acceptors (Lipinski definition) is 4. The van der Waals surface area contributed by atoms with Crippen molar-refractivity contribution < 1.29 is 14.6 Å². The number of ether oxygens (including phenoxy) is 2. The maximum absolute atomic E-state index is 10.4. The van der Waals surface area contributed by atoms with Crippen molar-refractivity contribution in [1.82, 2.24) is 4.98 Å². The summed E-state index contributed by atoms with van der Waals surface area (Å²) in [6, 6.07) is 7.40. The van der Waals surface area contributed by atoms with Crippen LogP contribution in [0, 0.1) is 6.92 Å². The largest absolute Gasteiger partial charge is 0.496 e. The lowest BCUT2D eigenvalue weighted by Crippen LogP contribution is -2.02. The summed E-state index contributed by atoms with van der Waals surface area (Å²) in [5, 5.41) is 10.4. The number of hydrogen-bond donors (Lipinski definition) is 1. The number of nitrogens with zero attached hydrogens (tertiary/aromatic N) is 1. The Labute approximate surface area is 112 Å². The Morgan fingerprint density at radius 2 is 1.84 bits per heavy atom. The van der Waals surface area contributed by atoms with Crippen LogP contribution in [0.1, 0.15) is 22.8 Å². The minimum absolute atomic E-state index is 0.621. The van der Waals surface area contributed by atoms with E-state index < -0.39 is 6.10 Å². The fourth-order valence-electron chi connectivity index (χ4n) is 1.90. The Hall–Kier alpha value is -2.07. The van der Waals surface area contributed by atoms with Crippen LogP contribution in [-0.4, -0.2) is 24.3 Å². The number of aromatic nitrogens is 1. The van der Waals surface area contributed by atoms with Crippen LogP contribution in [0.2, 0.25) is 0 Å². The molecule has 1 unspecified atom stereocenters. The molecule has 1 heterocycles. The van der Waals surface area contributed by atoms with Gasteiger partial charge >= 0.3 is 0 Å². The van der Waals surface area contributed by atoms with E-state index in [-0.39, 0.29) is 0 Å². The fraction of sp³-hybridized carbons (Fsp3) is 0.267. The molecule has 0 spiro atoms. The van der Waals surface area contributed by atoms with E-state index in [9.17, 15) is 5.11 Å². The molecule has 100 valence electrons. The van der Waals surface area contributed by atoms with E-state index in [0.717, 1.165) is 16.9 Å². The highest BCUT2D eigenvalue weighted by Crippen LogP contribution is 2.28. The molecule has 0 aliphatic carbocycles. The molecule has 19 heavy (non-hydrogen) atoms. The number of pyridine rings is 1. The van der Waals surface area contributed by atoms with E-state index in [1.54, 1.807) is 32.7 Å². The summed E-state index contributed by atoms with van der Waals surface area (Å²) in [6.07, 6.45) is 2.47. The van der Waals surface area contributed by atoms with Crippen molar-refractivity contribution in [2.45, 2.75) is 13.0 Å². The quantitative estimate of drug-likeness (QED) is 0.916. The normalized spacial score (nSPS) is 12.0. The highest BCUT2D eigenvalue weighted by atomic mass is 16.5. The van der Waals surface area contributed by atoms with Gasteiger partial charge in [0.05, 0.1) is 20.4 Å². The minimum Gasteiger partial charge on any atom is -0.496 e. The second kappa shape index (κ2) is 5.71. The second-order valence-corrected chi connectivity index (χ2v) is 4.29. The van der Waals surface area contributed by atoms with Gasteiger partial charge in [-0.25, -0.2) is 0 Å². The molecule has 0 saturated carbocycles. The van der Waals surface area contributed by atoms with Crippen LogP contribution in [0.3, 0.4) is 0 Å². The highest BCUT2D eigenvalue weighted by molar-refractivity contribution is 5.40. The zero-order chi connectivity index (χ0) is 13.8. The van der Waals surface area contributed by atoms with Gasteiger partial charge in [0.2, 0.25) is 0 Å². The second-order valence-electron chi connectivity index (χ2n) is 4.29. The molecule has 1 aromatic heterocycles. The number of methoxy groups -OCH3 is 2. The first kappa shape index (κ1) is 13.4. The van der Waals surface area contributed by atoms with E-state index in [1.165, 1.54) is 0 Å². The molecule has 2 rings (SSSR count). The molecule has 0 aliphatic rings. The van der Waals surface area contributed by atoms with Crippen molar-refractivity contribution in [3.05, 3.63) is 53.3 Å². The van der Waals surface area contributed by atoms with Crippen molar-refractivity contribution >= 4 is 0 Å². The van der Waals surface area contributed by atoms with Crippen LogP contribution in [0.15, 0.2) is 36.7 Å². The summed E-state index contributed by atoms with van der Waals surface area (Å²) in [6.45, 7) is 1.96. The summed E-state index contributed by atoms with van der Waals surface area (Å²) in [5.74, 6) is 1.38. The maximum Gasteiger partial charge on any atom is 0.137 e. The molecule has 1 aromatic carbocycles. The van der Waals surface area contributed by atoms with Crippen molar-refractivity contribution in [3.63, 3.8) is 0 Å². The average Bonchev–Trinajstić information content (AvgIpc) is 2.47. The fourth-order valence-corrected chi connectivity index (χ4v) is 1.90. The Morgan fingerprint density at radius 3 is 2.53 bits per heavy atom. The van der Waals surface area contributed by atoms with Crippen LogP contribution in [0.25, 0.3) is 0 Å². The first-order valence-electron chi connectivity index (χ1n) is 5.97. The van der Waals surface area contributed by atoms with Gasteiger partial charge in [-0.1, -0.05) is 12.1 Å². The van der Waals surface area contributed by atoms with Gasteiger partial charge in [0.15, 0.2) is 0 Å². The molecule has 0 bridgehead atoms. The molecule has 4 nitrogen and oxygen atoms in total. The standard InChI is InChI=1S/C15H17NO3/c1-10-4-5-11(7-14(10)19-3)15(17)12-6-13(18-2)9-16-8-12/h4-9,15,17H,1-3H3. The third kappa shape index (κ3) is 2.85. The van der Waals surface area contributed by atoms with Crippen molar-refractivity contribution in [2.75, 3.05) is 14.2 Å². The number of aliphatic hydroxyl groups is 1. The molecule has 0 saturated heterocycles. The lowest BCUT2D eigenvalue weighted by atomic mass is 10.0. The van der Waals surface area contributed by atoms with Gasteiger partial charge in [-0.3, -0.25) is 4.98 Å². The van der Waals surface area contributed by atoms with Gasteiger partial charge in [0, 0.05) is 11.8 Å². The summed E-state index contributed by atoms with van der Waals surface area (Å²) >= 11 is 0. The van der Waals surface area contributed by atoms with Crippen LogP contribution in [0.5, 0.6) is 11.5 Å². The molecule has 0 aliphatic heterocycles. The van der Waals surface area contributed by atoms with Gasteiger partial charge in [-0.05, 0) is 30.2 Å². The van der Waals surface area contributed by atoms with E-state index in [0.29, 0.717) is 11.3 Å². The summed E-state index contributed by atoms with van der Waals surface area (Å²) in [4.78, 5) is 4.05. The average molecular weight is 259 g/mol. The van der Waals surface area contributed by atoms with Gasteiger partial charge < -0.3 is 14.6 Å². The zero-order valence-corrected chi connectivity index (χ0v) is 11.3. The molecule has 0 radical (unpaired) electrons. The molecular formula is C15H17NO3. The predicted octanol–water partition coefficient (Wildman–Crippen LogP) is 2.49. The van der Waals surface area contributed by atoms with E-state index in [2.05, 4.69) is 4.98 Å². The molecular weight excluding hydrogens is 242 g/mol. The molecule has 0 amide bonds. The number of rotatable bonds is 4. The highest BCUT2D eigenvalue weighted by Gasteiger charge is 2.13. The Kier molecular flexibility index (Phi) is 4.02. The smallest absolute Gasteiger partial charge is 0.137 e. The zero-order valence-electron chi connectivity index (χ0n) is 11.3. The maximum atomic E-state index is 10.4. The Morgan fingerprint density at radius 1 is 1.05 bits per heavy atom. The summed E-state index contributed by atoms with van der Waals surface area (Å²) in [7, 11) is 3.19. The summed E-state index contributed by atoms with van der Waals surface area (Å²) < 4.78 is 10.4. The van der Waals surface area contributed by atoms with Crippen molar-refractivity contribution in [3.8, 4) is 11.5 Å². The van der Waals surface area contributed by atoms with E-state index >= 15 is 0 Å².